The zero-order valence-corrected chi connectivity index (χ0v) is 16.8. The molecule has 2 aromatic carbocycles. The molecule has 0 radical (unpaired) electrons. The van der Waals surface area contributed by atoms with Crippen molar-refractivity contribution < 1.29 is 0 Å². The molecule has 2 heteroatoms. The van der Waals surface area contributed by atoms with Crippen LogP contribution in [0.3, 0.4) is 0 Å². The third kappa shape index (κ3) is 2.70. The van der Waals surface area contributed by atoms with Gasteiger partial charge in [0, 0.05) is 22.3 Å². The molecule has 0 nitrogen and oxygen atoms in total. The Labute approximate surface area is 165 Å². The van der Waals surface area contributed by atoms with Gasteiger partial charge in [-0.15, -0.1) is 23.5 Å². The van der Waals surface area contributed by atoms with Crippen molar-refractivity contribution in [1.82, 2.24) is 0 Å². The summed E-state index contributed by atoms with van der Waals surface area (Å²) in [4.78, 5) is 3.01. The molecule has 1 saturated carbocycles. The Balaban J connectivity index is 1.64. The van der Waals surface area contributed by atoms with Crippen molar-refractivity contribution in [3.8, 4) is 0 Å². The maximum absolute atomic E-state index is 2.58. The van der Waals surface area contributed by atoms with Gasteiger partial charge in [-0.1, -0.05) is 72.8 Å². The number of thioether (sulfide) groups is 2. The van der Waals surface area contributed by atoms with Crippen molar-refractivity contribution in [2.24, 2.45) is 11.8 Å². The van der Waals surface area contributed by atoms with E-state index in [9.17, 15) is 0 Å². The first-order valence-corrected chi connectivity index (χ1v) is 11.3. The first kappa shape index (κ1) is 16.8. The Hall–Kier alpha value is -1.38. The van der Waals surface area contributed by atoms with E-state index in [1.807, 2.05) is 0 Å². The summed E-state index contributed by atoms with van der Waals surface area (Å²) in [5.41, 5.74) is 3.04. The van der Waals surface area contributed by atoms with Crippen LogP contribution in [0.15, 0.2) is 82.6 Å². The van der Waals surface area contributed by atoms with Gasteiger partial charge in [0.05, 0.1) is 0 Å². The smallest absolute Gasteiger partial charge is 0.0235 e. The SMILES string of the molecule is CC1=CC2C(S1)C(c1ccccc1)C1C=C(C)SC1C2c1ccccc1. The highest BCUT2D eigenvalue weighted by Crippen LogP contribution is 2.63. The van der Waals surface area contributed by atoms with Crippen LogP contribution in [0.2, 0.25) is 0 Å². The van der Waals surface area contributed by atoms with E-state index in [0.29, 0.717) is 34.2 Å². The minimum atomic E-state index is 0.606. The van der Waals surface area contributed by atoms with Crippen LogP contribution in [-0.4, -0.2) is 10.5 Å². The zero-order valence-electron chi connectivity index (χ0n) is 15.2. The van der Waals surface area contributed by atoms with Gasteiger partial charge in [0.25, 0.3) is 0 Å². The highest BCUT2D eigenvalue weighted by molar-refractivity contribution is 8.04. The Morgan fingerprint density at radius 1 is 0.577 bits per heavy atom. The molecule has 3 aliphatic rings. The molecule has 2 heterocycles. The average Bonchev–Trinajstić information content (AvgIpc) is 3.22. The van der Waals surface area contributed by atoms with Gasteiger partial charge in [-0.3, -0.25) is 0 Å². The standard InChI is InChI=1S/C24H24S2/c1-15-13-19-21(17-9-5-3-6-10-17)24-20(14-16(2)26-24)22(23(19)25-15)18-11-7-4-8-12-18/h3-14,19-24H,1-2H3. The molecule has 2 aromatic rings. The Bertz CT molecular complexity index is 779. The summed E-state index contributed by atoms with van der Waals surface area (Å²) in [6.07, 6.45) is 5.15. The van der Waals surface area contributed by atoms with E-state index in [-0.39, 0.29) is 0 Å². The highest BCUT2D eigenvalue weighted by Gasteiger charge is 2.53. The second-order valence-corrected chi connectivity index (χ2v) is 10.6. The van der Waals surface area contributed by atoms with Gasteiger partial charge < -0.3 is 0 Å². The number of rotatable bonds is 2. The van der Waals surface area contributed by atoms with Crippen LogP contribution in [-0.2, 0) is 0 Å². The van der Waals surface area contributed by atoms with Crippen molar-refractivity contribution in [1.29, 1.82) is 0 Å². The van der Waals surface area contributed by atoms with E-state index >= 15 is 0 Å². The predicted molar refractivity (Wildman–Crippen MR) is 116 cm³/mol. The maximum Gasteiger partial charge on any atom is 0.0235 e. The second kappa shape index (κ2) is 6.65. The molecule has 0 saturated heterocycles. The molecule has 1 fully saturated rings. The summed E-state index contributed by atoms with van der Waals surface area (Å²) in [7, 11) is 0. The Morgan fingerprint density at radius 2 is 0.962 bits per heavy atom. The summed E-state index contributed by atoms with van der Waals surface area (Å²) in [5, 5.41) is 1.29. The van der Waals surface area contributed by atoms with E-state index < -0.39 is 0 Å². The van der Waals surface area contributed by atoms with Crippen molar-refractivity contribution >= 4 is 23.5 Å². The van der Waals surface area contributed by atoms with Crippen LogP contribution in [0.5, 0.6) is 0 Å². The van der Waals surface area contributed by atoms with Gasteiger partial charge in [-0.05, 0) is 46.6 Å². The Morgan fingerprint density at radius 3 is 1.35 bits per heavy atom. The molecule has 5 rings (SSSR count). The summed E-state index contributed by atoms with van der Waals surface area (Å²) in [5.74, 6) is 2.46. The minimum absolute atomic E-state index is 0.606. The average molecular weight is 377 g/mol. The largest absolute Gasteiger partial charge is 0.127 e. The molecular weight excluding hydrogens is 352 g/mol. The molecular formula is C24H24S2. The molecule has 6 atom stereocenters. The van der Waals surface area contributed by atoms with Crippen LogP contribution in [0.4, 0.5) is 0 Å². The van der Waals surface area contributed by atoms with Crippen LogP contribution in [0, 0.1) is 11.8 Å². The van der Waals surface area contributed by atoms with Crippen molar-refractivity contribution in [3.63, 3.8) is 0 Å². The van der Waals surface area contributed by atoms with E-state index in [1.165, 1.54) is 20.9 Å². The lowest BCUT2D eigenvalue weighted by atomic mass is 9.63. The fraction of sp³-hybridized carbons (Fsp3) is 0.333. The molecule has 6 unspecified atom stereocenters. The van der Waals surface area contributed by atoms with Gasteiger partial charge >= 0.3 is 0 Å². The van der Waals surface area contributed by atoms with Gasteiger partial charge in [0.15, 0.2) is 0 Å². The lowest BCUT2D eigenvalue weighted by Crippen LogP contribution is -2.43. The first-order chi connectivity index (χ1) is 12.7. The fourth-order valence-corrected chi connectivity index (χ4v) is 8.36. The van der Waals surface area contributed by atoms with Crippen LogP contribution >= 0.6 is 23.5 Å². The summed E-state index contributed by atoms with van der Waals surface area (Å²) < 4.78 is 0. The van der Waals surface area contributed by atoms with E-state index in [0.717, 1.165) is 0 Å². The van der Waals surface area contributed by atoms with Crippen LogP contribution < -0.4 is 0 Å². The summed E-state index contributed by atoms with van der Waals surface area (Å²) in [6, 6.07) is 22.5. The second-order valence-electron chi connectivity index (χ2n) is 7.75. The topological polar surface area (TPSA) is 0 Å². The lowest BCUT2D eigenvalue weighted by Gasteiger charge is -2.47. The molecule has 0 bridgehead atoms. The van der Waals surface area contributed by atoms with Gasteiger partial charge in [-0.25, -0.2) is 0 Å². The number of fused-ring (bicyclic) bond motifs is 2. The molecule has 26 heavy (non-hydrogen) atoms. The van der Waals surface area contributed by atoms with Gasteiger partial charge in [-0.2, -0.15) is 0 Å². The molecule has 2 aliphatic heterocycles. The highest BCUT2D eigenvalue weighted by atomic mass is 32.2. The number of allylic oxidation sites excluding steroid dienone is 4. The minimum Gasteiger partial charge on any atom is -0.127 e. The number of benzene rings is 2. The maximum atomic E-state index is 2.58. The first-order valence-electron chi connectivity index (χ1n) is 9.52. The lowest BCUT2D eigenvalue weighted by molar-refractivity contribution is 0.297. The van der Waals surface area contributed by atoms with Gasteiger partial charge in [0.1, 0.15) is 0 Å². The fourth-order valence-electron chi connectivity index (χ4n) is 5.25. The van der Waals surface area contributed by atoms with Crippen LogP contribution in [0.25, 0.3) is 0 Å². The van der Waals surface area contributed by atoms with E-state index in [1.54, 1.807) is 0 Å². The van der Waals surface area contributed by atoms with Crippen molar-refractivity contribution in [2.45, 2.75) is 36.2 Å². The van der Waals surface area contributed by atoms with Gasteiger partial charge in [0.2, 0.25) is 0 Å². The quantitative estimate of drug-likeness (QED) is 0.563. The third-order valence-corrected chi connectivity index (χ3v) is 8.94. The number of hydrogen-bond donors (Lipinski definition) is 0. The Kier molecular flexibility index (Phi) is 4.29. The van der Waals surface area contributed by atoms with E-state index in [4.69, 9.17) is 0 Å². The molecule has 0 aromatic heterocycles. The third-order valence-electron chi connectivity index (χ3n) is 6.16. The monoisotopic (exact) mass is 376 g/mol. The molecule has 0 spiro atoms. The van der Waals surface area contributed by atoms with Crippen LogP contribution in [0.1, 0.15) is 36.8 Å². The summed E-state index contributed by atoms with van der Waals surface area (Å²) in [6.45, 7) is 4.61. The molecule has 0 N–H and O–H groups in total. The molecule has 0 amide bonds. The summed E-state index contributed by atoms with van der Waals surface area (Å²) >= 11 is 4.25. The molecule has 132 valence electrons. The van der Waals surface area contributed by atoms with Crippen molar-refractivity contribution in [2.75, 3.05) is 0 Å². The number of hydrogen-bond acceptors (Lipinski definition) is 2. The normalized spacial score (nSPS) is 35.5. The van der Waals surface area contributed by atoms with Crippen molar-refractivity contribution in [3.05, 3.63) is 93.8 Å². The zero-order chi connectivity index (χ0) is 17.7. The predicted octanol–water partition coefficient (Wildman–Crippen LogP) is 6.84. The molecule has 1 aliphatic carbocycles. The van der Waals surface area contributed by atoms with E-state index in [2.05, 4.69) is 110 Å².